The first-order chi connectivity index (χ1) is 21.4. The van der Waals surface area contributed by atoms with E-state index in [0.717, 1.165) is 39.1 Å². The van der Waals surface area contributed by atoms with Crippen molar-refractivity contribution in [3.63, 3.8) is 0 Å². The predicted octanol–water partition coefficient (Wildman–Crippen LogP) is 6.91. The average Bonchev–Trinajstić information content (AvgIpc) is 3.06. The molecule has 1 amide bonds. The molecule has 1 aliphatic heterocycles. The molecule has 7 nitrogen and oxygen atoms in total. The molecule has 4 aromatic carbocycles. The van der Waals surface area contributed by atoms with Crippen LogP contribution in [0.5, 0.6) is 0 Å². The number of aliphatic hydroxyl groups is 1. The van der Waals surface area contributed by atoms with Crippen molar-refractivity contribution in [2.75, 3.05) is 5.75 Å². The largest absolute Gasteiger partial charge is 0.481 e. The van der Waals surface area contributed by atoms with Crippen molar-refractivity contribution in [2.24, 2.45) is 5.92 Å². The molecule has 44 heavy (non-hydrogen) atoms. The number of amides is 1. The molecule has 4 atom stereocenters. The van der Waals surface area contributed by atoms with Crippen LogP contribution in [-0.4, -0.2) is 33.9 Å². The number of hydrogen-bond donors (Lipinski definition) is 3. The van der Waals surface area contributed by atoms with Gasteiger partial charge in [-0.3, -0.25) is 9.59 Å². The summed E-state index contributed by atoms with van der Waals surface area (Å²) in [4.78, 5) is 23.9. The highest BCUT2D eigenvalue weighted by atomic mass is 32.2. The first-order valence-corrected chi connectivity index (χ1v) is 15.7. The molecule has 1 heterocycles. The first kappa shape index (κ1) is 31.5. The molecular weight excluding hydrogens is 574 g/mol. The quantitative estimate of drug-likeness (QED) is 0.150. The number of rotatable bonds is 12. The van der Waals surface area contributed by atoms with Gasteiger partial charge in [0.15, 0.2) is 6.29 Å². The zero-order valence-electron chi connectivity index (χ0n) is 24.6. The Hall–Kier alpha value is -3.95. The summed E-state index contributed by atoms with van der Waals surface area (Å²) < 4.78 is 13.2. The molecule has 5 rings (SSSR count). The molecule has 4 unspecified atom stereocenters. The van der Waals surface area contributed by atoms with Crippen molar-refractivity contribution in [1.82, 2.24) is 5.32 Å². The van der Waals surface area contributed by atoms with Crippen molar-refractivity contribution >= 4 is 23.6 Å². The number of carbonyl (C=O) groups excluding carboxylic acids is 1. The summed E-state index contributed by atoms with van der Waals surface area (Å²) in [6.45, 7) is 2.50. The molecule has 228 valence electrons. The van der Waals surface area contributed by atoms with Crippen LogP contribution >= 0.6 is 11.8 Å². The Morgan fingerprint density at radius 3 is 2.23 bits per heavy atom. The second-order valence-corrected chi connectivity index (χ2v) is 12.0. The van der Waals surface area contributed by atoms with Crippen LogP contribution in [0.2, 0.25) is 0 Å². The molecule has 0 spiro atoms. The van der Waals surface area contributed by atoms with E-state index in [0.29, 0.717) is 6.54 Å². The van der Waals surface area contributed by atoms with E-state index >= 15 is 0 Å². The molecule has 1 fully saturated rings. The summed E-state index contributed by atoms with van der Waals surface area (Å²) >= 11 is 1.78. The average molecular weight is 612 g/mol. The zero-order chi connectivity index (χ0) is 30.9. The fourth-order valence-electron chi connectivity index (χ4n) is 5.21. The Kier molecular flexibility index (Phi) is 10.9. The lowest BCUT2D eigenvalue weighted by Crippen LogP contribution is -2.38. The van der Waals surface area contributed by atoms with Gasteiger partial charge in [-0.15, -0.1) is 11.8 Å². The maximum absolute atomic E-state index is 12.0. The third-order valence-corrected chi connectivity index (χ3v) is 8.88. The van der Waals surface area contributed by atoms with Gasteiger partial charge in [0.05, 0.1) is 25.2 Å². The van der Waals surface area contributed by atoms with Crippen LogP contribution in [0, 0.1) is 5.92 Å². The molecule has 0 aliphatic carbocycles. The molecule has 0 aromatic heterocycles. The van der Waals surface area contributed by atoms with E-state index in [1.807, 2.05) is 91.0 Å². The van der Waals surface area contributed by atoms with E-state index in [4.69, 9.17) is 14.6 Å². The van der Waals surface area contributed by atoms with Crippen LogP contribution in [0.25, 0.3) is 11.1 Å². The Balaban J connectivity index is 1.31. The number of nitrogens with one attached hydrogen (secondary N) is 1. The van der Waals surface area contributed by atoms with Gasteiger partial charge in [-0.25, -0.2) is 0 Å². The SMILES string of the molecule is CC1C(CSc2ccccc2)OC(c2ccc(-c3cccc(CNC(=O)CCC(=O)O)c3)cc2)OC1c1ccc(CO)cc1. The number of hydrogen-bond acceptors (Lipinski definition) is 6. The number of ether oxygens (including phenoxy) is 2. The molecule has 3 N–H and O–H groups in total. The van der Waals surface area contributed by atoms with Gasteiger partial charge in [0, 0.05) is 35.1 Å². The van der Waals surface area contributed by atoms with E-state index in [2.05, 4.69) is 24.4 Å². The lowest BCUT2D eigenvalue weighted by Gasteiger charge is -2.41. The van der Waals surface area contributed by atoms with E-state index < -0.39 is 12.3 Å². The number of aliphatic hydroxyl groups excluding tert-OH is 1. The summed E-state index contributed by atoms with van der Waals surface area (Å²) in [5, 5.41) is 21.1. The van der Waals surface area contributed by atoms with Crippen molar-refractivity contribution < 1.29 is 29.3 Å². The fraction of sp³-hybridized carbons (Fsp3) is 0.278. The molecule has 0 saturated carbocycles. The smallest absolute Gasteiger partial charge is 0.303 e. The number of benzene rings is 4. The van der Waals surface area contributed by atoms with Crippen LogP contribution in [0.4, 0.5) is 0 Å². The summed E-state index contributed by atoms with van der Waals surface area (Å²) in [5.41, 5.74) is 5.80. The van der Waals surface area contributed by atoms with Crippen LogP contribution < -0.4 is 5.32 Å². The minimum atomic E-state index is -0.988. The van der Waals surface area contributed by atoms with Crippen LogP contribution in [0.15, 0.2) is 108 Å². The van der Waals surface area contributed by atoms with Crippen LogP contribution in [0.1, 0.15) is 54.4 Å². The van der Waals surface area contributed by atoms with Crippen molar-refractivity contribution in [2.45, 2.75) is 56.3 Å². The third kappa shape index (κ3) is 8.36. The standard InChI is InChI=1S/C36H37NO6S/c1-24-32(23-44-31-8-3-2-4-9-31)42-36(43-35(24)28-12-10-25(22-38)11-13-28)29-16-14-27(15-17-29)30-7-5-6-26(20-30)21-37-33(39)18-19-34(40)41/h2-17,20,24,32,35-36,38H,18-19,21-23H2,1H3,(H,37,39)(H,40,41). The lowest BCUT2D eigenvalue weighted by atomic mass is 9.91. The number of carboxylic acids is 1. The van der Waals surface area contributed by atoms with E-state index in [1.165, 1.54) is 4.90 Å². The van der Waals surface area contributed by atoms with Crippen LogP contribution in [-0.2, 0) is 32.2 Å². The summed E-state index contributed by atoms with van der Waals surface area (Å²) in [6.07, 6.45) is -0.999. The highest BCUT2D eigenvalue weighted by Gasteiger charge is 2.38. The van der Waals surface area contributed by atoms with Gasteiger partial charge in [0.25, 0.3) is 0 Å². The predicted molar refractivity (Wildman–Crippen MR) is 171 cm³/mol. The van der Waals surface area contributed by atoms with Gasteiger partial charge < -0.3 is 25.0 Å². The minimum Gasteiger partial charge on any atom is -0.481 e. The van der Waals surface area contributed by atoms with Crippen molar-refractivity contribution in [1.29, 1.82) is 0 Å². The lowest BCUT2D eigenvalue weighted by molar-refractivity contribution is -0.268. The minimum absolute atomic E-state index is 0.000118. The monoisotopic (exact) mass is 611 g/mol. The topological polar surface area (TPSA) is 105 Å². The number of aliphatic carboxylic acids is 1. The maximum atomic E-state index is 12.0. The third-order valence-electron chi connectivity index (χ3n) is 7.78. The molecule has 0 radical (unpaired) electrons. The molecule has 1 aliphatic rings. The van der Waals surface area contributed by atoms with E-state index in [1.54, 1.807) is 11.8 Å². The van der Waals surface area contributed by atoms with Gasteiger partial charge in [-0.05, 0) is 46.0 Å². The number of thioether (sulfide) groups is 1. The van der Waals surface area contributed by atoms with E-state index in [9.17, 15) is 14.7 Å². The van der Waals surface area contributed by atoms with Gasteiger partial charge in [0.2, 0.25) is 5.91 Å². The number of carboxylic acid groups (broad SMARTS) is 1. The van der Waals surface area contributed by atoms with Crippen molar-refractivity contribution in [3.05, 3.63) is 125 Å². The molecule has 8 heteroatoms. The summed E-state index contributed by atoms with van der Waals surface area (Å²) in [7, 11) is 0. The molecule has 0 bridgehead atoms. The Morgan fingerprint density at radius 2 is 1.52 bits per heavy atom. The normalized spacial score (nSPS) is 19.8. The summed E-state index contributed by atoms with van der Waals surface area (Å²) in [5.74, 6) is -0.382. The molecule has 1 saturated heterocycles. The zero-order valence-corrected chi connectivity index (χ0v) is 25.4. The van der Waals surface area contributed by atoms with Gasteiger partial charge in [-0.2, -0.15) is 0 Å². The first-order valence-electron chi connectivity index (χ1n) is 14.8. The Morgan fingerprint density at radius 1 is 0.795 bits per heavy atom. The second-order valence-electron chi connectivity index (χ2n) is 10.9. The Labute approximate surface area is 262 Å². The van der Waals surface area contributed by atoms with Gasteiger partial charge in [0.1, 0.15) is 0 Å². The Bertz CT molecular complexity index is 1530. The van der Waals surface area contributed by atoms with Crippen LogP contribution in [0.3, 0.4) is 0 Å². The van der Waals surface area contributed by atoms with E-state index in [-0.39, 0.29) is 43.5 Å². The highest BCUT2D eigenvalue weighted by Crippen LogP contribution is 2.43. The van der Waals surface area contributed by atoms with Gasteiger partial charge in [-0.1, -0.05) is 91.9 Å². The molecular formula is C36H37NO6S. The number of carbonyl (C=O) groups is 2. The van der Waals surface area contributed by atoms with Gasteiger partial charge >= 0.3 is 5.97 Å². The fourth-order valence-corrected chi connectivity index (χ4v) is 6.30. The molecule has 4 aromatic rings. The van der Waals surface area contributed by atoms with Crippen molar-refractivity contribution in [3.8, 4) is 11.1 Å². The highest BCUT2D eigenvalue weighted by molar-refractivity contribution is 7.99. The summed E-state index contributed by atoms with van der Waals surface area (Å²) in [6, 6.07) is 34.3. The maximum Gasteiger partial charge on any atom is 0.303 e. The second kappa shape index (κ2) is 15.2.